The Morgan fingerprint density at radius 3 is 2.48 bits per heavy atom. The van der Waals surface area contributed by atoms with Crippen molar-refractivity contribution < 1.29 is 9.53 Å². The molecule has 1 amide bonds. The lowest BCUT2D eigenvalue weighted by Gasteiger charge is -2.37. The molecule has 3 rings (SSSR count). The summed E-state index contributed by atoms with van der Waals surface area (Å²) >= 11 is 6.13. The summed E-state index contributed by atoms with van der Waals surface area (Å²) in [6.45, 7) is 7.61. The number of benzene rings is 1. The molecule has 150 valence electrons. The van der Waals surface area contributed by atoms with Crippen LogP contribution >= 0.6 is 11.6 Å². The van der Waals surface area contributed by atoms with Crippen LogP contribution in [0.3, 0.4) is 0 Å². The molecule has 0 radical (unpaired) electrons. The molecule has 1 saturated carbocycles. The minimum absolute atomic E-state index is 0.00393. The van der Waals surface area contributed by atoms with Crippen LogP contribution in [-0.2, 0) is 4.79 Å². The molecule has 6 heteroatoms. The molecule has 2 aliphatic rings. The number of nitrogens with one attached hydrogen (secondary N) is 1. The fraction of sp³-hybridized carbons (Fsp3) is 0.667. The number of methoxy groups -OCH3 is 1. The molecule has 1 heterocycles. The molecule has 1 saturated heterocycles. The van der Waals surface area contributed by atoms with Crippen LogP contribution in [0.25, 0.3) is 0 Å². The smallest absolute Gasteiger partial charge is 0.238 e. The van der Waals surface area contributed by atoms with E-state index in [2.05, 4.69) is 15.1 Å². The van der Waals surface area contributed by atoms with Crippen LogP contribution in [0.4, 0.5) is 5.69 Å². The van der Waals surface area contributed by atoms with Crippen LogP contribution in [-0.4, -0.2) is 62.1 Å². The van der Waals surface area contributed by atoms with Crippen molar-refractivity contribution in [3.8, 4) is 5.75 Å². The number of aryl methyl sites for hydroxylation is 1. The molecule has 0 bridgehead atoms. The van der Waals surface area contributed by atoms with Gasteiger partial charge in [-0.25, -0.2) is 0 Å². The highest BCUT2D eigenvalue weighted by Gasteiger charge is 2.23. The largest absolute Gasteiger partial charge is 0.495 e. The van der Waals surface area contributed by atoms with Gasteiger partial charge in [-0.15, -0.1) is 0 Å². The molecule has 1 aromatic rings. The maximum Gasteiger partial charge on any atom is 0.238 e. The highest BCUT2D eigenvalue weighted by atomic mass is 35.5. The zero-order valence-electron chi connectivity index (χ0n) is 16.6. The topological polar surface area (TPSA) is 44.8 Å². The highest BCUT2D eigenvalue weighted by Crippen LogP contribution is 2.31. The standard InChI is InChI=1S/C21H32ClN3O2/c1-16-12-19(20(27-2)13-18(16)22)23-21(26)15-25-10-8-24(9-11-25)14-17-6-4-3-5-7-17/h12-13,17H,3-11,14-15H2,1-2H3,(H,23,26). The number of anilines is 1. The van der Waals surface area contributed by atoms with Crippen LogP contribution in [0.1, 0.15) is 37.7 Å². The fourth-order valence-electron chi connectivity index (χ4n) is 4.19. The van der Waals surface area contributed by atoms with Crippen molar-refractivity contribution in [2.45, 2.75) is 39.0 Å². The first-order valence-electron chi connectivity index (χ1n) is 10.1. The monoisotopic (exact) mass is 393 g/mol. The molecule has 1 aliphatic carbocycles. The first-order chi connectivity index (χ1) is 13.0. The van der Waals surface area contributed by atoms with E-state index in [1.165, 1.54) is 38.6 Å². The van der Waals surface area contributed by atoms with E-state index in [0.717, 1.165) is 37.7 Å². The average molecular weight is 394 g/mol. The second-order valence-corrected chi connectivity index (χ2v) is 8.34. The van der Waals surface area contributed by atoms with E-state index in [1.807, 2.05) is 13.0 Å². The van der Waals surface area contributed by atoms with Crippen molar-refractivity contribution in [3.63, 3.8) is 0 Å². The number of ether oxygens (including phenoxy) is 1. The van der Waals surface area contributed by atoms with E-state index in [1.54, 1.807) is 13.2 Å². The summed E-state index contributed by atoms with van der Waals surface area (Å²) in [6.07, 6.45) is 7.00. The van der Waals surface area contributed by atoms with Gasteiger partial charge in [-0.3, -0.25) is 9.69 Å². The van der Waals surface area contributed by atoms with E-state index in [4.69, 9.17) is 16.3 Å². The van der Waals surface area contributed by atoms with Crippen LogP contribution < -0.4 is 10.1 Å². The van der Waals surface area contributed by atoms with Gasteiger partial charge < -0.3 is 15.0 Å². The van der Waals surface area contributed by atoms with Gasteiger partial charge in [-0.2, -0.15) is 0 Å². The average Bonchev–Trinajstić information content (AvgIpc) is 2.67. The summed E-state index contributed by atoms with van der Waals surface area (Å²) in [5.74, 6) is 1.47. The van der Waals surface area contributed by atoms with Gasteiger partial charge in [0.2, 0.25) is 5.91 Å². The molecular formula is C21H32ClN3O2. The van der Waals surface area contributed by atoms with E-state index >= 15 is 0 Å². The van der Waals surface area contributed by atoms with Crippen molar-refractivity contribution in [3.05, 3.63) is 22.7 Å². The third kappa shape index (κ3) is 5.84. The maximum absolute atomic E-state index is 12.5. The Hall–Kier alpha value is -1.30. The van der Waals surface area contributed by atoms with Gasteiger partial charge in [0, 0.05) is 43.8 Å². The van der Waals surface area contributed by atoms with E-state index in [9.17, 15) is 4.79 Å². The minimum Gasteiger partial charge on any atom is -0.495 e. The normalized spacial score (nSPS) is 19.8. The number of nitrogens with zero attached hydrogens (tertiary/aromatic N) is 2. The first-order valence-corrected chi connectivity index (χ1v) is 10.5. The number of hydrogen-bond acceptors (Lipinski definition) is 4. The third-order valence-corrected chi connectivity index (χ3v) is 6.24. The number of amides is 1. The summed E-state index contributed by atoms with van der Waals surface area (Å²) in [4.78, 5) is 17.3. The van der Waals surface area contributed by atoms with Gasteiger partial charge in [-0.05, 0) is 37.3 Å². The highest BCUT2D eigenvalue weighted by molar-refractivity contribution is 6.31. The number of halogens is 1. The Balaban J connectivity index is 1.45. The summed E-state index contributed by atoms with van der Waals surface area (Å²) < 4.78 is 5.34. The molecule has 0 atom stereocenters. The Morgan fingerprint density at radius 1 is 1.15 bits per heavy atom. The summed E-state index contributed by atoms with van der Waals surface area (Å²) in [6, 6.07) is 3.61. The van der Waals surface area contributed by atoms with E-state index in [-0.39, 0.29) is 5.91 Å². The lowest BCUT2D eigenvalue weighted by molar-refractivity contribution is -0.117. The molecule has 1 N–H and O–H groups in total. The molecule has 2 fully saturated rings. The lowest BCUT2D eigenvalue weighted by Crippen LogP contribution is -2.49. The molecule has 0 spiro atoms. The Labute approximate surface area is 168 Å². The van der Waals surface area contributed by atoms with Gasteiger partial charge >= 0.3 is 0 Å². The van der Waals surface area contributed by atoms with Crippen LogP contribution in [0.2, 0.25) is 5.02 Å². The number of carbonyl (C=O) groups is 1. The minimum atomic E-state index is -0.00393. The number of rotatable bonds is 6. The third-order valence-electron chi connectivity index (χ3n) is 5.83. The van der Waals surface area contributed by atoms with Crippen molar-refractivity contribution in [2.75, 3.05) is 51.7 Å². The summed E-state index contributed by atoms with van der Waals surface area (Å²) in [7, 11) is 1.59. The number of piperazine rings is 1. The molecular weight excluding hydrogens is 362 g/mol. The van der Waals surface area contributed by atoms with Crippen molar-refractivity contribution in [1.82, 2.24) is 9.80 Å². The van der Waals surface area contributed by atoms with Gasteiger partial charge in [0.25, 0.3) is 0 Å². The van der Waals surface area contributed by atoms with Gasteiger partial charge in [-0.1, -0.05) is 30.9 Å². The van der Waals surface area contributed by atoms with E-state index < -0.39 is 0 Å². The number of carbonyl (C=O) groups excluding carboxylic acids is 1. The molecule has 5 nitrogen and oxygen atoms in total. The van der Waals surface area contributed by atoms with Crippen LogP contribution in [0, 0.1) is 12.8 Å². The Morgan fingerprint density at radius 2 is 1.81 bits per heavy atom. The predicted molar refractivity (Wildman–Crippen MR) is 111 cm³/mol. The summed E-state index contributed by atoms with van der Waals surface area (Å²) in [5, 5.41) is 3.61. The molecule has 1 aliphatic heterocycles. The van der Waals surface area contributed by atoms with Crippen molar-refractivity contribution in [1.29, 1.82) is 0 Å². The van der Waals surface area contributed by atoms with Gasteiger partial charge in [0.15, 0.2) is 0 Å². The predicted octanol–water partition coefficient (Wildman–Crippen LogP) is 3.79. The Kier molecular flexibility index (Phi) is 7.39. The molecule has 27 heavy (non-hydrogen) atoms. The zero-order valence-corrected chi connectivity index (χ0v) is 17.4. The van der Waals surface area contributed by atoms with Gasteiger partial charge in [0.1, 0.15) is 5.75 Å². The van der Waals surface area contributed by atoms with Gasteiger partial charge in [0.05, 0.1) is 19.3 Å². The molecule has 1 aromatic carbocycles. The van der Waals surface area contributed by atoms with Crippen molar-refractivity contribution >= 4 is 23.2 Å². The SMILES string of the molecule is COc1cc(Cl)c(C)cc1NC(=O)CN1CCN(CC2CCCCC2)CC1. The van der Waals surface area contributed by atoms with Crippen LogP contribution in [0.15, 0.2) is 12.1 Å². The summed E-state index contributed by atoms with van der Waals surface area (Å²) in [5.41, 5.74) is 1.60. The van der Waals surface area contributed by atoms with Crippen molar-refractivity contribution in [2.24, 2.45) is 5.92 Å². The fourth-order valence-corrected chi connectivity index (χ4v) is 4.34. The zero-order chi connectivity index (χ0) is 19.2. The second-order valence-electron chi connectivity index (χ2n) is 7.93. The molecule has 0 unspecified atom stereocenters. The van der Waals surface area contributed by atoms with E-state index in [0.29, 0.717) is 23.0 Å². The second kappa shape index (κ2) is 9.76. The maximum atomic E-state index is 12.5. The number of hydrogen-bond donors (Lipinski definition) is 1. The molecule has 0 aromatic heterocycles. The Bertz CT molecular complexity index is 639. The lowest BCUT2D eigenvalue weighted by atomic mass is 9.89. The quantitative estimate of drug-likeness (QED) is 0.798. The first kappa shape index (κ1) is 20.4. The van der Waals surface area contributed by atoms with Crippen LogP contribution in [0.5, 0.6) is 5.75 Å².